The highest BCUT2D eigenvalue weighted by Crippen LogP contribution is 2.31. The van der Waals surface area contributed by atoms with Gasteiger partial charge >= 0.3 is 0 Å². The van der Waals surface area contributed by atoms with Crippen LogP contribution in [0.5, 0.6) is 5.75 Å². The van der Waals surface area contributed by atoms with Crippen LogP contribution in [0.3, 0.4) is 0 Å². The normalized spacial score (nSPS) is 16.1. The van der Waals surface area contributed by atoms with Crippen molar-refractivity contribution in [3.05, 3.63) is 63.4 Å². The lowest BCUT2D eigenvalue weighted by Gasteiger charge is -2.26. The van der Waals surface area contributed by atoms with Gasteiger partial charge in [-0.2, -0.15) is 0 Å². The van der Waals surface area contributed by atoms with Crippen LogP contribution in [0.4, 0.5) is 17.2 Å². The minimum absolute atomic E-state index is 0.0565. The summed E-state index contributed by atoms with van der Waals surface area (Å²) in [4.78, 5) is 32.7. The third-order valence-corrected chi connectivity index (χ3v) is 7.35. The van der Waals surface area contributed by atoms with Gasteiger partial charge < -0.3 is 25.6 Å². The van der Waals surface area contributed by atoms with Gasteiger partial charge in [-0.1, -0.05) is 11.6 Å². The third kappa shape index (κ3) is 5.80. The average molecular weight is 526 g/mol. The van der Waals surface area contributed by atoms with Gasteiger partial charge in [0.15, 0.2) is 0 Å². The molecule has 8 nitrogen and oxygen atoms in total. The average Bonchev–Trinajstić information content (AvgIpc) is 3.59. The quantitative estimate of drug-likeness (QED) is 0.400. The van der Waals surface area contributed by atoms with Crippen molar-refractivity contribution in [3.63, 3.8) is 0 Å². The number of pyridine rings is 1. The molecule has 4 heterocycles. The lowest BCUT2D eigenvalue weighted by Crippen LogP contribution is -2.34. The van der Waals surface area contributed by atoms with Gasteiger partial charge in [-0.05, 0) is 63.0 Å². The zero-order chi connectivity index (χ0) is 24.9. The number of hydrogen-bond donors (Lipinski definition) is 3. The molecule has 0 aliphatic carbocycles. The highest BCUT2D eigenvalue weighted by molar-refractivity contribution is 7.08. The van der Waals surface area contributed by atoms with Crippen molar-refractivity contribution in [3.8, 4) is 5.75 Å². The fourth-order valence-electron chi connectivity index (χ4n) is 4.45. The Labute approximate surface area is 219 Å². The molecular weight excluding hydrogens is 498 g/mol. The van der Waals surface area contributed by atoms with E-state index in [1.807, 2.05) is 18.2 Å². The molecule has 5 rings (SSSR count). The summed E-state index contributed by atoms with van der Waals surface area (Å²) in [5, 5.41) is 12.9. The van der Waals surface area contributed by atoms with Crippen molar-refractivity contribution in [2.24, 2.45) is 0 Å². The summed E-state index contributed by atoms with van der Waals surface area (Å²) in [6, 6.07) is 9.05. The zero-order valence-corrected chi connectivity index (χ0v) is 21.3. The Morgan fingerprint density at radius 1 is 1.03 bits per heavy atom. The Bertz CT molecular complexity index is 1220. The summed E-state index contributed by atoms with van der Waals surface area (Å²) >= 11 is 7.21. The van der Waals surface area contributed by atoms with Gasteiger partial charge in [0.2, 0.25) is 0 Å². The summed E-state index contributed by atoms with van der Waals surface area (Å²) in [6.45, 7) is 3.81. The largest absolute Gasteiger partial charge is 0.489 e. The second kappa shape index (κ2) is 11.3. The van der Waals surface area contributed by atoms with E-state index in [1.54, 1.807) is 22.9 Å². The number of piperidine rings is 1. The van der Waals surface area contributed by atoms with E-state index < -0.39 is 0 Å². The van der Waals surface area contributed by atoms with Crippen LogP contribution in [-0.2, 0) is 0 Å². The lowest BCUT2D eigenvalue weighted by atomic mass is 10.1. The van der Waals surface area contributed by atoms with Crippen LogP contribution >= 0.6 is 22.9 Å². The molecule has 36 heavy (non-hydrogen) atoms. The van der Waals surface area contributed by atoms with Crippen molar-refractivity contribution >= 4 is 51.9 Å². The number of rotatable bonds is 7. The smallest absolute Gasteiger partial charge is 0.259 e. The van der Waals surface area contributed by atoms with Gasteiger partial charge in [0.25, 0.3) is 11.8 Å². The number of nitrogens with one attached hydrogen (secondary N) is 3. The van der Waals surface area contributed by atoms with Gasteiger partial charge in [0.1, 0.15) is 17.7 Å². The van der Waals surface area contributed by atoms with Gasteiger partial charge in [-0.3, -0.25) is 9.59 Å². The number of amides is 2. The van der Waals surface area contributed by atoms with Crippen molar-refractivity contribution in [2.75, 3.05) is 41.7 Å². The molecule has 2 amide bonds. The maximum atomic E-state index is 13.4. The van der Waals surface area contributed by atoms with E-state index in [1.165, 1.54) is 30.4 Å². The highest BCUT2D eigenvalue weighted by atomic mass is 35.5. The van der Waals surface area contributed by atoms with Crippen LogP contribution in [0.25, 0.3) is 0 Å². The van der Waals surface area contributed by atoms with Crippen LogP contribution in [0.15, 0.2) is 47.3 Å². The zero-order valence-electron chi connectivity index (χ0n) is 19.8. The minimum Gasteiger partial charge on any atom is -0.489 e. The van der Waals surface area contributed by atoms with Crippen molar-refractivity contribution in [1.82, 2.24) is 10.3 Å². The summed E-state index contributed by atoms with van der Waals surface area (Å²) < 4.78 is 6.37. The van der Waals surface area contributed by atoms with Crippen LogP contribution in [0, 0.1) is 0 Å². The molecule has 3 N–H and O–H groups in total. The Hall–Kier alpha value is -3.14. The van der Waals surface area contributed by atoms with Crippen molar-refractivity contribution in [1.29, 1.82) is 0 Å². The molecule has 10 heteroatoms. The van der Waals surface area contributed by atoms with Gasteiger partial charge in [-0.25, -0.2) is 4.98 Å². The fourth-order valence-corrected chi connectivity index (χ4v) is 5.33. The fraction of sp³-hybridized carbons (Fsp3) is 0.346. The van der Waals surface area contributed by atoms with E-state index in [2.05, 4.69) is 25.8 Å². The number of carbonyl (C=O) groups is 2. The highest BCUT2D eigenvalue weighted by Gasteiger charge is 2.23. The summed E-state index contributed by atoms with van der Waals surface area (Å²) in [6.07, 6.45) is 5.64. The molecule has 1 aromatic carbocycles. The van der Waals surface area contributed by atoms with E-state index in [0.717, 1.165) is 44.7 Å². The maximum absolute atomic E-state index is 13.4. The molecule has 0 saturated carbocycles. The van der Waals surface area contributed by atoms with E-state index >= 15 is 0 Å². The van der Waals surface area contributed by atoms with E-state index in [-0.39, 0.29) is 17.9 Å². The second-order valence-corrected chi connectivity index (χ2v) is 10.1. The molecule has 2 aromatic heterocycles. The van der Waals surface area contributed by atoms with E-state index in [4.69, 9.17) is 16.3 Å². The molecule has 2 aliphatic heterocycles. The van der Waals surface area contributed by atoms with Gasteiger partial charge in [0.05, 0.1) is 21.8 Å². The number of carbonyl (C=O) groups excluding carboxylic acids is 2. The van der Waals surface area contributed by atoms with Crippen molar-refractivity contribution < 1.29 is 14.3 Å². The topological polar surface area (TPSA) is 95.6 Å². The first-order valence-electron chi connectivity index (χ1n) is 12.1. The molecule has 2 saturated heterocycles. The standard InChI is InChI=1S/C26H28ClN5O3S/c27-17-3-6-24(29-14-17)31-26(34)21-15-36-16-22(21)30-25(33)20-5-4-18(32-11-1-2-12-32)13-23(20)35-19-7-9-28-10-8-19/h3-6,13-16,19,28H,1-2,7-12H2,(H,30,33)(H,29,31,34). The molecule has 0 radical (unpaired) electrons. The molecule has 2 aliphatic rings. The van der Waals surface area contributed by atoms with Gasteiger partial charge in [0, 0.05) is 41.8 Å². The maximum Gasteiger partial charge on any atom is 0.259 e. The number of hydrogen-bond acceptors (Lipinski definition) is 7. The van der Waals surface area contributed by atoms with Crippen LogP contribution in [-0.4, -0.2) is 49.1 Å². The number of anilines is 3. The third-order valence-electron chi connectivity index (χ3n) is 6.38. The molecule has 0 atom stereocenters. The second-order valence-electron chi connectivity index (χ2n) is 8.91. The Kier molecular flexibility index (Phi) is 7.69. The number of ether oxygens (including phenoxy) is 1. The van der Waals surface area contributed by atoms with Crippen LogP contribution < -0.4 is 25.6 Å². The predicted octanol–water partition coefficient (Wildman–Crippen LogP) is 5.03. The molecule has 0 unspecified atom stereocenters. The summed E-state index contributed by atoms with van der Waals surface area (Å²) in [5.41, 5.74) is 2.32. The monoisotopic (exact) mass is 525 g/mol. The number of benzene rings is 1. The molecule has 0 spiro atoms. The van der Waals surface area contributed by atoms with E-state index in [0.29, 0.717) is 33.4 Å². The number of halogens is 1. The molecule has 3 aromatic rings. The Balaban J connectivity index is 1.35. The molecule has 188 valence electrons. The summed E-state index contributed by atoms with van der Waals surface area (Å²) in [5.74, 6) is 0.277. The number of nitrogens with zero attached hydrogens (tertiary/aromatic N) is 2. The first-order valence-corrected chi connectivity index (χ1v) is 13.5. The molecular formula is C26H28ClN5O3S. The Morgan fingerprint density at radius 3 is 2.56 bits per heavy atom. The lowest BCUT2D eigenvalue weighted by molar-refractivity contribution is 0.101. The first kappa shape index (κ1) is 24.5. The molecule has 0 bridgehead atoms. The summed E-state index contributed by atoms with van der Waals surface area (Å²) in [7, 11) is 0. The van der Waals surface area contributed by atoms with Crippen molar-refractivity contribution in [2.45, 2.75) is 31.8 Å². The minimum atomic E-state index is -0.364. The molecule has 2 fully saturated rings. The predicted molar refractivity (Wildman–Crippen MR) is 144 cm³/mol. The number of aromatic nitrogens is 1. The van der Waals surface area contributed by atoms with Crippen LogP contribution in [0.2, 0.25) is 5.02 Å². The SMILES string of the molecule is O=C(Nc1ccc(Cl)cn1)c1cscc1NC(=O)c1ccc(N2CCCC2)cc1OC1CCNCC1. The van der Waals surface area contributed by atoms with E-state index in [9.17, 15) is 9.59 Å². The first-order chi connectivity index (χ1) is 17.6. The van der Waals surface area contributed by atoms with Crippen LogP contribution in [0.1, 0.15) is 46.4 Å². The Morgan fingerprint density at radius 2 is 1.81 bits per heavy atom. The van der Waals surface area contributed by atoms with Gasteiger partial charge in [-0.15, -0.1) is 11.3 Å². The number of thiophene rings is 1.